The molecule has 0 aromatic rings. The molecule has 0 atom stereocenters. The molecule has 0 fully saturated rings. The molecule has 0 unspecified atom stereocenters. The Kier molecular flexibility index (Phi) is 11.6. The molecule has 0 N–H and O–H groups in total. The van der Waals surface area contributed by atoms with Gasteiger partial charge in [-0.3, -0.25) is 0 Å². The maximum absolute atomic E-state index is 3.69. The Balaban J connectivity index is 3.49. The van der Waals surface area contributed by atoms with Crippen molar-refractivity contribution in [3.8, 4) is 35.5 Å². The lowest BCUT2D eigenvalue weighted by atomic mass is 10.2. The molecule has 82 valence electrons. The van der Waals surface area contributed by atoms with Crippen molar-refractivity contribution in [1.29, 1.82) is 0 Å². The van der Waals surface area contributed by atoms with Gasteiger partial charge in [-0.15, -0.1) is 6.58 Å². The van der Waals surface area contributed by atoms with E-state index in [1.807, 2.05) is 6.08 Å². The molecule has 0 saturated carbocycles. The minimum absolute atomic E-state index is 0.774. The second kappa shape index (κ2) is 13.2. The average molecular weight is 210 g/mol. The molecule has 0 heteroatoms. The fourth-order valence-electron chi connectivity index (χ4n) is 1.03. The van der Waals surface area contributed by atoms with Gasteiger partial charge in [0.25, 0.3) is 0 Å². The lowest BCUT2D eigenvalue weighted by molar-refractivity contribution is 0.762. The number of hydrogen-bond donors (Lipinski definition) is 0. The van der Waals surface area contributed by atoms with Gasteiger partial charge in [-0.25, -0.2) is 0 Å². The van der Waals surface area contributed by atoms with Crippen molar-refractivity contribution in [3.05, 3.63) is 24.8 Å². The first-order valence-electron chi connectivity index (χ1n) is 5.57. The Morgan fingerprint density at radius 3 is 2.44 bits per heavy atom. The molecule has 0 aliphatic heterocycles. The topological polar surface area (TPSA) is 0 Å². The van der Waals surface area contributed by atoms with Crippen molar-refractivity contribution in [2.24, 2.45) is 0 Å². The molecule has 0 aliphatic carbocycles. The van der Waals surface area contributed by atoms with Crippen molar-refractivity contribution in [3.63, 3.8) is 0 Å². The van der Waals surface area contributed by atoms with Crippen LogP contribution in [0.5, 0.6) is 0 Å². The molecule has 0 spiro atoms. The lowest BCUT2D eigenvalue weighted by Gasteiger charge is -1.90. The SMILES string of the molecule is C=CCCCC/C=C/CC#CC#CC#CC. The summed E-state index contributed by atoms with van der Waals surface area (Å²) in [5.74, 6) is 16.4. The summed E-state index contributed by atoms with van der Waals surface area (Å²) < 4.78 is 0. The van der Waals surface area contributed by atoms with Gasteiger partial charge in [-0.05, 0) is 56.3 Å². The van der Waals surface area contributed by atoms with Gasteiger partial charge in [-0.1, -0.05) is 30.1 Å². The Morgan fingerprint density at radius 2 is 1.69 bits per heavy atom. The number of hydrogen-bond acceptors (Lipinski definition) is 0. The summed E-state index contributed by atoms with van der Waals surface area (Å²) >= 11 is 0. The second-order valence-electron chi connectivity index (χ2n) is 3.18. The van der Waals surface area contributed by atoms with Gasteiger partial charge in [0.05, 0.1) is 0 Å². The van der Waals surface area contributed by atoms with Crippen LogP contribution in [0.2, 0.25) is 0 Å². The number of rotatable bonds is 6. The molecule has 0 saturated heterocycles. The van der Waals surface area contributed by atoms with Crippen LogP contribution in [0.4, 0.5) is 0 Å². The molecule has 0 aromatic carbocycles. The highest BCUT2D eigenvalue weighted by Gasteiger charge is 1.81. The van der Waals surface area contributed by atoms with Gasteiger partial charge in [0.2, 0.25) is 0 Å². The molecule has 16 heavy (non-hydrogen) atoms. The molecule has 0 aromatic heterocycles. The van der Waals surface area contributed by atoms with Gasteiger partial charge >= 0.3 is 0 Å². The number of allylic oxidation sites excluding steroid dienone is 3. The van der Waals surface area contributed by atoms with Crippen molar-refractivity contribution in [2.75, 3.05) is 0 Å². The highest BCUT2D eigenvalue weighted by atomic mass is 13.9. The minimum Gasteiger partial charge on any atom is -0.103 e. The normalized spacial score (nSPS) is 8.06. The zero-order chi connectivity index (χ0) is 11.9. The molecule has 0 amide bonds. The maximum atomic E-state index is 3.69. The van der Waals surface area contributed by atoms with E-state index in [9.17, 15) is 0 Å². The third kappa shape index (κ3) is 12.2. The van der Waals surface area contributed by atoms with Crippen molar-refractivity contribution in [2.45, 2.75) is 39.0 Å². The van der Waals surface area contributed by atoms with Gasteiger partial charge in [-0.2, -0.15) is 0 Å². The molecular weight excluding hydrogens is 192 g/mol. The number of unbranched alkanes of at least 4 members (excludes halogenated alkanes) is 3. The van der Waals surface area contributed by atoms with Crippen LogP contribution in [0.1, 0.15) is 39.0 Å². The van der Waals surface area contributed by atoms with E-state index in [1.165, 1.54) is 12.8 Å². The van der Waals surface area contributed by atoms with E-state index < -0.39 is 0 Å². The van der Waals surface area contributed by atoms with Gasteiger partial charge < -0.3 is 0 Å². The summed E-state index contributed by atoms with van der Waals surface area (Å²) in [6.45, 7) is 5.45. The minimum atomic E-state index is 0.774. The Hall–Kier alpha value is -1.84. The van der Waals surface area contributed by atoms with Crippen LogP contribution < -0.4 is 0 Å². The van der Waals surface area contributed by atoms with Crippen LogP contribution in [-0.2, 0) is 0 Å². The van der Waals surface area contributed by atoms with Crippen molar-refractivity contribution >= 4 is 0 Å². The quantitative estimate of drug-likeness (QED) is 0.356. The predicted molar refractivity (Wildman–Crippen MR) is 71.4 cm³/mol. The Bertz CT molecular complexity index is 377. The smallest absolute Gasteiger partial charge is 0.0279 e. The first kappa shape index (κ1) is 14.2. The fraction of sp³-hybridized carbons (Fsp3) is 0.375. The summed E-state index contributed by atoms with van der Waals surface area (Å²) in [5.41, 5.74) is 0. The van der Waals surface area contributed by atoms with Gasteiger partial charge in [0, 0.05) is 6.42 Å². The Labute approximate surface area is 99.8 Å². The van der Waals surface area contributed by atoms with Crippen LogP contribution >= 0.6 is 0 Å². The van der Waals surface area contributed by atoms with Crippen LogP contribution in [-0.4, -0.2) is 0 Å². The third-order valence-corrected chi connectivity index (χ3v) is 1.82. The first-order valence-corrected chi connectivity index (χ1v) is 5.57. The largest absolute Gasteiger partial charge is 0.103 e. The van der Waals surface area contributed by atoms with E-state index in [2.05, 4.69) is 54.3 Å². The molecule has 0 radical (unpaired) electrons. The molecule has 0 heterocycles. The molecular formula is C16H18. The standard InChI is InChI=1S/C16H18/c1-3-5-7-9-11-13-15-16-14-12-10-8-6-4-2/h3,13,15H,1,5,7,9,11,16H2,2H3/b15-13+. The van der Waals surface area contributed by atoms with E-state index in [1.54, 1.807) is 6.92 Å². The first-order chi connectivity index (χ1) is 7.91. The maximum Gasteiger partial charge on any atom is 0.0279 e. The highest BCUT2D eigenvalue weighted by molar-refractivity contribution is 5.35. The average Bonchev–Trinajstić information content (AvgIpc) is 2.31. The predicted octanol–water partition coefficient (Wildman–Crippen LogP) is 3.71. The molecule has 0 rings (SSSR count). The molecule has 0 aliphatic rings. The van der Waals surface area contributed by atoms with Gasteiger partial charge in [0.1, 0.15) is 0 Å². The zero-order valence-electron chi connectivity index (χ0n) is 9.97. The van der Waals surface area contributed by atoms with Crippen LogP contribution in [0, 0.1) is 35.5 Å². The van der Waals surface area contributed by atoms with Crippen LogP contribution in [0.25, 0.3) is 0 Å². The monoisotopic (exact) mass is 210 g/mol. The van der Waals surface area contributed by atoms with Crippen LogP contribution in [0.15, 0.2) is 24.8 Å². The van der Waals surface area contributed by atoms with E-state index in [4.69, 9.17) is 0 Å². The van der Waals surface area contributed by atoms with Crippen molar-refractivity contribution < 1.29 is 0 Å². The van der Waals surface area contributed by atoms with E-state index >= 15 is 0 Å². The second-order valence-corrected chi connectivity index (χ2v) is 3.18. The van der Waals surface area contributed by atoms with E-state index in [0.29, 0.717) is 0 Å². The zero-order valence-corrected chi connectivity index (χ0v) is 9.97. The van der Waals surface area contributed by atoms with Crippen LogP contribution in [0.3, 0.4) is 0 Å². The third-order valence-electron chi connectivity index (χ3n) is 1.82. The highest BCUT2D eigenvalue weighted by Crippen LogP contribution is 2.00. The summed E-state index contributed by atoms with van der Waals surface area (Å²) in [6, 6.07) is 0. The summed E-state index contributed by atoms with van der Waals surface area (Å²) in [5, 5.41) is 0. The van der Waals surface area contributed by atoms with E-state index in [-0.39, 0.29) is 0 Å². The summed E-state index contributed by atoms with van der Waals surface area (Å²) in [4.78, 5) is 0. The fourth-order valence-corrected chi connectivity index (χ4v) is 1.03. The van der Waals surface area contributed by atoms with Crippen molar-refractivity contribution in [1.82, 2.24) is 0 Å². The lowest BCUT2D eigenvalue weighted by Crippen LogP contribution is -1.71. The van der Waals surface area contributed by atoms with E-state index in [0.717, 1.165) is 19.3 Å². The molecule has 0 nitrogen and oxygen atoms in total. The molecule has 0 bridgehead atoms. The summed E-state index contributed by atoms with van der Waals surface area (Å²) in [7, 11) is 0. The Morgan fingerprint density at radius 1 is 0.938 bits per heavy atom. The van der Waals surface area contributed by atoms with Gasteiger partial charge in [0.15, 0.2) is 0 Å². The summed E-state index contributed by atoms with van der Waals surface area (Å²) in [6.07, 6.45) is 11.7.